The Balaban J connectivity index is 1.67. The highest BCUT2D eigenvalue weighted by molar-refractivity contribution is 7.17. The number of carbonyl (C=O) groups is 2. The van der Waals surface area contributed by atoms with Gasteiger partial charge in [-0.2, -0.15) is 5.26 Å². The van der Waals surface area contributed by atoms with Gasteiger partial charge in [0.1, 0.15) is 21.2 Å². The standard InChI is InChI=1S/C21H22FN3O3S/c1-13-17(29-19(24-13)15-6-8-16(22)9-7-15)20(27)28-14(2)18(26)25-21(12-23)10-4-3-5-11-21/h6-9,14H,3-5,10-11H2,1-2H3,(H,25,26)/t14-/m0/s1. The van der Waals surface area contributed by atoms with E-state index in [2.05, 4.69) is 16.4 Å². The van der Waals surface area contributed by atoms with Crippen molar-refractivity contribution in [2.24, 2.45) is 0 Å². The Bertz CT molecular complexity index is 943. The third-order valence-electron chi connectivity index (χ3n) is 5.01. The van der Waals surface area contributed by atoms with Gasteiger partial charge in [-0.15, -0.1) is 11.3 Å². The Hall–Kier alpha value is -2.79. The van der Waals surface area contributed by atoms with Gasteiger partial charge in [-0.1, -0.05) is 19.3 Å². The first kappa shape index (κ1) is 20.9. The number of nitriles is 1. The van der Waals surface area contributed by atoms with Crippen molar-refractivity contribution >= 4 is 23.2 Å². The number of amides is 1. The molecule has 2 aromatic rings. The summed E-state index contributed by atoms with van der Waals surface area (Å²) in [6.07, 6.45) is 2.98. The SMILES string of the molecule is Cc1nc(-c2ccc(F)cc2)sc1C(=O)O[C@@H](C)C(=O)NC1(C#N)CCCCC1. The van der Waals surface area contributed by atoms with Crippen LogP contribution in [0.15, 0.2) is 24.3 Å². The van der Waals surface area contributed by atoms with E-state index in [1.807, 2.05) is 0 Å². The second-order valence-electron chi connectivity index (χ2n) is 7.23. The largest absolute Gasteiger partial charge is 0.448 e. The number of nitrogens with one attached hydrogen (secondary N) is 1. The van der Waals surface area contributed by atoms with E-state index in [9.17, 15) is 19.2 Å². The highest BCUT2D eigenvalue weighted by atomic mass is 32.1. The second-order valence-corrected chi connectivity index (χ2v) is 8.23. The van der Waals surface area contributed by atoms with Crippen molar-refractivity contribution in [3.63, 3.8) is 0 Å². The average molecular weight is 415 g/mol. The summed E-state index contributed by atoms with van der Waals surface area (Å²) in [6.45, 7) is 3.16. The molecule has 1 heterocycles. The fourth-order valence-corrected chi connectivity index (χ4v) is 4.28. The van der Waals surface area contributed by atoms with Crippen LogP contribution < -0.4 is 5.32 Å². The van der Waals surface area contributed by atoms with Gasteiger partial charge in [-0.05, 0) is 51.0 Å². The van der Waals surface area contributed by atoms with Crippen LogP contribution in [0.25, 0.3) is 10.6 Å². The number of carbonyl (C=O) groups excluding carboxylic acids is 2. The Labute approximate surface area is 172 Å². The van der Waals surface area contributed by atoms with Crippen molar-refractivity contribution in [3.8, 4) is 16.6 Å². The molecule has 1 atom stereocenters. The van der Waals surface area contributed by atoms with E-state index in [1.165, 1.54) is 19.1 Å². The molecule has 0 aliphatic heterocycles. The maximum absolute atomic E-state index is 13.1. The minimum Gasteiger partial charge on any atom is -0.448 e. The van der Waals surface area contributed by atoms with Crippen LogP contribution in [0.4, 0.5) is 4.39 Å². The molecule has 6 nitrogen and oxygen atoms in total. The predicted molar refractivity (Wildman–Crippen MR) is 107 cm³/mol. The Morgan fingerprint density at radius 1 is 1.28 bits per heavy atom. The molecule has 0 saturated heterocycles. The number of nitrogens with zero attached hydrogens (tertiary/aromatic N) is 2. The zero-order chi connectivity index (χ0) is 21.0. The molecule has 8 heteroatoms. The van der Waals surface area contributed by atoms with Crippen molar-refractivity contribution in [2.75, 3.05) is 0 Å². The predicted octanol–water partition coefficient (Wildman–Crippen LogP) is 4.15. The van der Waals surface area contributed by atoms with Crippen molar-refractivity contribution < 1.29 is 18.7 Å². The summed E-state index contributed by atoms with van der Waals surface area (Å²) in [4.78, 5) is 29.7. The van der Waals surface area contributed by atoms with Crippen LogP contribution in [0.1, 0.15) is 54.4 Å². The first-order chi connectivity index (χ1) is 13.8. The molecule has 0 radical (unpaired) electrons. The summed E-state index contributed by atoms with van der Waals surface area (Å²) in [5, 5.41) is 12.8. The number of aryl methyl sites for hydroxylation is 1. The maximum atomic E-state index is 13.1. The molecule has 1 aromatic carbocycles. The molecular weight excluding hydrogens is 393 g/mol. The summed E-state index contributed by atoms with van der Waals surface area (Å²) in [5.41, 5.74) is 0.289. The van der Waals surface area contributed by atoms with E-state index in [4.69, 9.17) is 4.74 Å². The Morgan fingerprint density at radius 3 is 2.55 bits per heavy atom. The van der Waals surface area contributed by atoms with Crippen LogP contribution in [0.5, 0.6) is 0 Å². The van der Waals surface area contributed by atoms with E-state index in [0.29, 0.717) is 29.1 Å². The van der Waals surface area contributed by atoms with Crippen LogP contribution in [0, 0.1) is 24.1 Å². The Kier molecular flexibility index (Phi) is 6.28. The Morgan fingerprint density at radius 2 is 1.93 bits per heavy atom. The quantitative estimate of drug-likeness (QED) is 0.741. The van der Waals surface area contributed by atoms with Gasteiger partial charge in [0.05, 0.1) is 11.8 Å². The molecule has 0 bridgehead atoms. The molecule has 0 unspecified atom stereocenters. The summed E-state index contributed by atoms with van der Waals surface area (Å²) in [7, 11) is 0. The van der Waals surface area contributed by atoms with E-state index in [0.717, 1.165) is 30.6 Å². The number of aromatic nitrogens is 1. The molecule has 1 aromatic heterocycles. The lowest BCUT2D eigenvalue weighted by atomic mass is 9.83. The van der Waals surface area contributed by atoms with Gasteiger partial charge < -0.3 is 10.1 Å². The zero-order valence-corrected chi connectivity index (χ0v) is 17.1. The lowest BCUT2D eigenvalue weighted by molar-refractivity contribution is -0.130. The highest BCUT2D eigenvalue weighted by Crippen LogP contribution is 2.30. The van der Waals surface area contributed by atoms with Crippen LogP contribution >= 0.6 is 11.3 Å². The normalized spacial score (nSPS) is 16.5. The number of hydrogen-bond acceptors (Lipinski definition) is 6. The van der Waals surface area contributed by atoms with Crippen molar-refractivity contribution in [1.29, 1.82) is 5.26 Å². The maximum Gasteiger partial charge on any atom is 0.351 e. The van der Waals surface area contributed by atoms with E-state index >= 15 is 0 Å². The lowest BCUT2D eigenvalue weighted by Crippen LogP contribution is -2.52. The monoisotopic (exact) mass is 415 g/mol. The number of ether oxygens (including phenoxy) is 1. The summed E-state index contributed by atoms with van der Waals surface area (Å²) in [5.74, 6) is -1.48. The van der Waals surface area contributed by atoms with Crippen LogP contribution in [-0.2, 0) is 9.53 Å². The third kappa shape index (κ3) is 4.80. The molecule has 1 aliphatic rings. The van der Waals surface area contributed by atoms with Gasteiger partial charge in [-0.25, -0.2) is 14.2 Å². The van der Waals surface area contributed by atoms with E-state index in [1.54, 1.807) is 19.1 Å². The topological polar surface area (TPSA) is 92.1 Å². The van der Waals surface area contributed by atoms with Gasteiger partial charge in [0.25, 0.3) is 5.91 Å². The van der Waals surface area contributed by atoms with Crippen molar-refractivity contribution in [3.05, 3.63) is 40.7 Å². The number of esters is 1. The first-order valence-corrected chi connectivity index (χ1v) is 10.3. The van der Waals surface area contributed by atoms with Crippen LogP contribution in [-0.4, -0.2) is 28.5 Å². The molecule has 1 aliphatic carbocycles. The minimum absolute atomic E-state index is 0.289. The van der Waals surface area contributed by atoms with Crippen LogP contribution in [0.2, 0.25) is 0 Å². The summed E-state index contributed by atoms with van der Waals surface area (Å²) >= 11 is 1.13. The summed E-state index contributed by atoms with van der Waals surface area (Å²) < 4.78 is 18.4. The molecule has 1 amide bonds. The molecule has 1 saturated carbocycles. The van der Waals surface area contributed by atoms with Gasteiger partial charge >= 0.3 is 5.97 Å². The molecule has 1 N–H and O–H groups in total. The lowest BCUT2D eigenvalue weighted by Gasteiger charge is -2.32. The minimum atomic E-state index is -1.04. The molecule has 29 heavy (non-hydrogen) atoms. The van der Waals surface area contributed by atoms with E-state index in [-0.39, 0.29) is 10.7 Å². The zero-order valence-electron chi connectivity index (χ0n) is 16.3. The van der Waals surface area contributed by atoms with E-state index < -0.39 is 23.5 Å². The number of hydrogen-bond donors (Lipinski definition) is 1. The van der Waals surface area contributed by atoms with Crippen molar-refractivity contribution in [2.45, 2.75) is 57.6 Å². The molecule has 152 valence electrons. The van der Waals surface area contributed by atoms with Gasteiger partial charge in [-0.3, -0.25) is 4.79 Å². The number of benzene rings is 1. The second kappa shape index (κ2) is 8.70. The summed E-state index contributed by atoms with van der Waals surface area (Å²) in [6, 6.07) is 8.04. The first-order valence-electron chi connectivity index (χ1n) is 9.51. The number of rotatable bonds is 5. The molecular formula is C21H22FN3O3S. The van der Waals surface area contributed by atoms with Gasteiger partial charge in [0.15, 0.2) is 6.10 Å². The smallest absolute Gasteiger partial charge is 0.351 e. The highest BCUT2D eigenvalue weighted by Gasteiger charge is 2.35. The van der Waals surface area contributed by atoms with Gasteiger partial charge in [0.2, 0.25) is 0 Å². The fourth-order valence-electron chi connectivity index (χ4n) is 3.33. The number of thiazole rings is 1. The van der Waals surface area contributed by atoms with Crippen LogP contribution in [0.3, 0.4) is 0 Å². The van der Waals surface area contributed by atoms with Crippen molar-refractivity contribution in [1.82, 2.24) is 10.3 Å². The molecule has 0 spiro atoms. The molecule has 1 fully saturated rings. The number of halogens is 1. The molecule has 3 rings (SSSR count). The third-order valence-corrected chi connectivity index (χ3v) is 6.20. The average Bonchev–Trinajstić information content (AvgIpc) is 3.11. The van der Waals surface area contributed by atoms with Gasteiger partial charge in [0, 0.05) is 5.56 Å². The fraction of sp³-hybridized carbons (Fsp3) is 0.429.